The molecule has 0 bridgehead atoms. The van der Waals surface area contributed by atoms with Crippen molar-refractivity contribution in [1.29, 1.82) is 0 Å². The maximum atomic E-state index is 11.7. The molecule has 2 amide bonds. The summed E-state index contributed by atoms with van der Waals surface area (Å²) < 4.78 is 19.9. The zero-order valence-corrected chi connectivity index (χ0v) is 24.5. The lowest BCUT2D eigenvalue weighted by atomic mass is 9.83. The lowest BCUT2D eigenvalue weighted by Gasteiger charge is -2.29. The molecule has 0 saturated carbocycles. The molecule has 2 aliphatic rings. The summed E-state index contributed by atoms with van der Waals surface area (Å²) in [6, 6.07) is -0.398. The second-order valence-corrected chi connectivity index (χ2v) is 11.7. The monoisotopic (exact) mass is 538 g/mol. The Hall–Kier alpha value is -3.04. The molecule has 0 saturated heterocycles. The average Bonchev–Trinajstić information content (AvgIpc) is 2.78. The van der Waals surface area contributed by atoms with E-state index in [9.17, 15) is 19.2 Å². The minimum Gasteiger partial charge on any atom is -0.469 e. The summed E-state index contributed by atoms with van der Waals surface area (Å²) in [7, 11) is 2.76. The molecule has 0 aliphatic heterocycles. The Morgan fingerprint density at radius 1 is 0.632 bits per heavy atom. The number of rotatable bonds is 4. The maximum Gasteiger partial charge on any atom is 0.408 e. The van der Waals surface area contributed by atoms with E-state index in [4.69, 9.17) is 18.9 Å². The first-order valence-corrected chi connectivity index (χ1v) is 13.0. The van der Waals surface area contributed by atoms with Crippen molar-refractivity contribution in [2.45, 2.75) is 91.5 Å². The Balaban J connectivity index is 0.000000380. The molecule has 2 aliphatic carbocycles. The lowest BCUT2D eigenvalue weighted by molar-refractivity contribution is -0.148. The number of alkyl carbamates (subject to hydrolysis) is 2. The first-order valence-electron chi connectivity index (χ1n) is 13.0. The Labute approximate surface area is 226 Å². The molecule has 0 heterocycles. The van der Waals surface area contributed by atoms with Gasteiger partial charge < -0.3 is 29.6 Å². The molecule has 2 rings (SSSR count). The molecule has 0 unspecified atom stereocenters. The molecule has 10 nitrogen and oxygen atoms in total. The summed E-state index contributed by atoms with van der Waals surface area (Å²) >= 11 is 0. The van der Waals surface area contributed by atoms with Gasteiger partial charge in [-0.1, -0.05) is 38.2 Å². The number of methoxy groups -OCH3 is 2. The molecule has 0 spiro atoms. The first-order chi connectivity index (χ1) is 17.5. The number of allylic oxidation sites excluding steroid dienone is 2. The van der Waals surface area contributed by atoms with Crippen LogP contribution in [-0.2, 0) is 28.5 Å². The standard InChI is InChI=1S/2C14H23NO4/c2*1-9-6-7-10(8-11(9)12(16)18-5)15-13(17)19-14(2,3)4/h2*6-7,9-11H,8H2,1-5H3,(H,15,17)/t9-,10-,11+;9-,10-,11-/m11/s1. The van der Waals surface area contributed by atoms with Crippen molar-refractivity contribution < 1.29 is 38.1 Å². The first kappa shape index (κ1) is 33.0. The van der Waals surface area contributed by atoms with Gasteiger partial charge in [0.05, 0.1) is 38.1 Å². The van der Waals surface area contributed by atoms with E-state index in [2.05, 4.69) is 10.6 Å². The fourth-order valence-corrected chi connectivity index (χ4v) is 4.08. The molecular formula is C28H46N2O8. The van der Waals surface area contributed by atoms with E-state index >= 15 is 0 Å². The van der Waals surface area contributed by atoms with Gasteiger partial charge in [-0.15, -0.1) is 0 Å². The summed E-state index contributed by atoms with van der Waals surface area (Å²) in [6.07, 6.45) is 7.76. The largest absolute Gasteiger partial charge is 0.469 e. The lowest BCUT2D eigenvalue weighted by Crippen LogP contribution is -2.42. The highest BCUT2D eigenvalue weighted by Crippen LogP contribution is 2.27. The highest BCUT2D eigenvalue weighted by Gasteiger charge is 2.32. The summed E-state index contributed by atoms with van der Waals surface area (Å²) in [5, 5.41) is 5.50. The maximum absolute atomic E-state index is 11.7. The normalized spacial score (nSPS) is 26.7. The molecule has 2 N–H and O–H groups in total. The van der Waals surface area contributed by atoms with Crippen LogP contribution < -0.4 is 10.6 Å². The van der Waals surface area contributed by atoms with E-state index in [0.717, 1.165) is 0 Å². The molecule has 216 valence electrons. The molecule has 10 heteroatoms. The van der Waals surface area contributed by atoms with Crippen LogP contribution in [0.2, 0.25) is 0 Å². The van der Waals surface area contributed by atoms with Crippen molar-refractivity contribution in [1.82, 2.24) is 10.6 Å². The number of amides is 2. The van der Waals surface area contributed by atoms with E-state index < -0.39 is 23.4 Å². The molecule has 38 heavy (non-hydrogen) atoms. The zero-order valence-electron chi connectivity index (χ0n) is 24.5. The molecule has 0 aromatic carbocycles. The molecule has 6 atom stereocenters. The van der Waals surface area contributed by atoms with Gasteiger partial charge in [0.1, 0.15) is 11.2 Å². The Kier molecular flexibility index (Phi) is 12.3. The zero-order chi connectivity index (χ0) is 29.3. The number of nitrogens with one attached hydrogen (secondary N) is 2. The minimum absolute atomic E-state index is 0.115. The third kappa shape index (κ3) is 12.0. The van der Waals surface area contributed by atoms with Gasteiger partial charge in [-0.25, -0.2) is 9.59 Å². The molecule has 0 aromatic rings. The number of ether oxygens (including phenoxy) is 4. The third-order valence-corrected chi connectivity index (χ3v) is 5.99. The van der Waals surface area contributed by atoms with Crippen molar-refractivity contribution in [3.63, 3.8) is 0 Å². The van der Waals surface area contributed by atoms with Crippen molar-refractivity contribution >= 4 is 24.1 Å². The van der Waals surface area contributed by atoms with Crippen LogP contribution in [0.5, 0.6) is 0 Å². The predicted molar refractivity (Wildman–Crippen MR) is 143 cm³/mol. The number of carbonyl (C=O) groups excluding carboxylic acids is 4. The van der Waals surface area contributed by atoms with Crippen molar-refractivity contribution in [2.75, 3.05) is 14.2 Å². The van der Waals surface area contributed by atoms with Crippen LogP contribution in [0.3, 0.4) is 0 Å². The summed E-state index contributed by atoms with van der Waals surface area (Å²) in [6.45, 7) is 14.8. The van der Waals surface area contributed by atoms with Gasteiger partial charge in [-0.3, -0.25) is 9.59 Å². The smallest absolute Gasteiger partial charge is 0.408 e. The number of hydrogen-bond acceptors (Lipinski definition) is 8. The number of carbonyl (C=O) groups is 4. The quantitative estimate of drug-likeness (QED) is 0.303. The van der Waals surface area contributed by atoms with Crippen LogP contribution in [-0.4, -0.2) is 61.6 Å². The second-order valence-electron chi connectivity index (χ2n) is 11.7. The fourth-order valence-electron chi connectivity index (χ4n) is 4.08. The molecule has 0 radical (unpaired) electrons. The van der Waals surface area contributed by atoms with Crippen molar-refractivity contribution in [2.24, 2.45) is 23.7 Å². The van der Waals surface area contributed by atoms with Crippen LogP contribution in [0.4, 0.5) is 9.59 Å². The van der Waals surface area contributed by atoms with Gasteiger partial charge in [-0.05, 0) is 66.2 Å². The Morgan fingerprint density at radius 3 is 1.21 bits per heavy atom. The van der Waals surface area contributed by atoms with Gasteiger partial charge in [0, 0.05) is 0 Å². The molecule has 0 fully saturated rings. The van der Waals surface area contributed by atoms with Crippen LogP contribution in [0.25, 0.3) is 0 Å². The predicted octanol–water partition coefficient (Wildman–Crippen LogP) is 4.53. The van der Waals surface area contributed by atoms with E-state index in [-0.39, 0.29) is 47.7 Å². The number of hydrogen-bond donors (Lipinski definition) is 2. The summed E-state index contributed by atoms with van der Waals surface area (Å²) in [4.78, 5) is 46.6. The van der Waals surface area contributed by atoms with E-state index in [0.29, 0.717) is 12.8 Å². The Morgan fingerprint density at radius 2 is 0.947 bits per heavy atom. The van der Waals surface area contributed by atoms with E-state index in [1.807, 2.05) is 79.7 Å². The highest BCUT2D eigenvalue weighted by atomic mass is 16.6. The molecular weight excluding hydrogens is 492 g/mol. The van der Waals surface area contributed by atoms with Gasteiger partial charge >= 0.3 is 24.1 Å². The van der Waals surface area contributed by atoms with Crippen LogP contribution >= 0.6 is 0 Å². The van der Waals surface area contributed by atoms with Crippen molar-refractivity contribution in [3.05, 3.63) is 24.3 Å². The van der Waals surface area contributed by atoms with Crippen LogP contribution in [0.15, 0.2) is 24.3 Å². The fraction of sp³-hybridized carbons (Fsp3) is 0.714. The SMILES string of the molecule is COC(=O)[C@@H]1C[C@H](NC(=O)OC(C)(C)C)C=C[C@H]1C.COC(=O)[C@H]1C[C@H](NC(=O)OC(C)(C)C)C=C[C@H]1C. The van der Waals surface area contributed by atoms with Gasteiger partial charge in [0.2, 0.25) is 0 Å². The Bertz CT molecular complexity index is 812. The van der Waals surface area contributed by atoms with E-state index in [1.165, 1.54) is 14.2 Å². The summed E-state index contributed by atoms with van der Waals surface area (Å²) in [5.41, 5.74) is -1.06. The van der Waals surface area contributed by atoms with Gasteiger partial charge in [0.15, 0.2) is 0 Å². The minimum atomic E-state index is -0.530. The number of esters is 2. The van der Waals surface area contributed by atoms with Crippen LogP contribution in [0, 0.1) is 23.7 Å². The highest BCUT2D eigenvalue weighted by molar-refractivity contribution is 5.74. The topological polar surface area (TPSA) is 129 Å². The van der Waals surface area contributed by atoms with Gasteiger partial charge in [-0.2, -0.15) is 0 Å². The van der Waals surface area contributed by atoms with Crippen LogP contribution in [0.1, 0.15) is 68.2 Å². The van der Waals surface area contributed by atoms with Crippen molar-refractivity contribution in [3.8, 4) is 0 Å². The average molecular weight is 539 g/mol. The second kappa shape index (κ2) is 14.2. The molecule has 0 aromatic heterocycles. The summed E-state index contributed by atoms with van der Waals surface area (Å²) in [5.74, 6) is -0.709. The third-order valence-electron chi connectivity index (χ3n) is 5.99. The van der Waals surface area contributed by atoms with E-state index in [1.54, 1.807) is 0 Å². The van der Waals surface area contributed by atoms with Gasteiger partial charge in [0.25, 0.3) is 0 Å².